The molecule has 1 aromatic carbocycles. The number of nitrogens with zero attached hydrogens (tertiary/aromatic N) is 1. The van der Waals surface area contributed by atoms with Crippen LogP contribution in [-0.2, 0) is 14.9 Å². The monoisotopic (exact) mass is 378 g/mol. The largest absolute Gasteiger partial charge is 0.462 e. The Labute approximate surface area is 156 Å². The van der Waals surface area contributed by atoms with Crippen molar-refractivity contribution in [1.82, 2.24) is 4.98 Å². The predicted molar refractivity (Wildman–Crippen MR) is 103 cm³/mol. The van der Waals surface area contributed by atoms with Gasteiger partial charge in [0, 0.05) is 16.5 Å². The van der Waals surface area contributed by atoms with Gasteiger partial charge < -0.3 is 10.1 Å². The number of nitrogens with one attached hydrogen (secondary N) is 1. The van der Waals surface area contributed by atoms with Crippen LogP contribution >= 0.6 is 23.1 Å². The van der Waals surface area contributed by atoms with E-state index in [-0.39, 0.29) is 23.0 Å². The molecule has 25 heavy (non-hydrogen) atoms. The summed E-state index contributed by atoms with van der Waals surface area (Å²) in [5.74, 6) is -0.188. The van der Waals surface area contributed by atoms with Crippen LogP contribution in [0.2, 0.25) is 0 Å². The molecule has 134 valence electrons. The van der Waals surface area contributed by atoms with E-state index in [1.165, 1.54) is 11.8 Å². The molecule has 0 unspecified atom stereocenters. The number of thioether (sulfide) groups is 1. The van der Waals surface area contributed by atoms with E-state index in [4.69, 9.17) is 4.74 Å². The molecule has 2 rings (SSSR count). The molecule has 0 aliphatic rings. The Balaban J connectivity index is 1.86. The standard InChI is InChI=1S/C18H22N2O3S2/c1-5-23-16(22)12-6-8-13(9-7-12)19-15(21)11-25-17-20-14(10-24-17)18(2,3)4/h6-10H,5,11H2,1-4H3,(H,19,21). The topological polar surface area (TPSA) is 68.3 Å². The lowest BCUT2D eigenvalue weighted by Gasteiger charge is -2.14. The molecule has 1 amide bonds. The normalized spacial score (nSPS) is 11.2. The summed E-state index contributed by atoms with van der Waals surface area (Å²) in [4.78, 5) is 28.2. The highest BCUT2D eigenvalue weighted by molar-refractivity contribution is 8.01. The molecule has 0 aliphatic heterocycles. The van der Waals surface area contributed by atoms with Gasteiger partial charge in [0.25, 0.3) is 0 Å². The quantitative estimate of drug-likeness (QED) is 0.598. The van der Waals surface area contributed by atoms with Crippen molar-refractivity contribution in [2.75, 3.05) is 17.7 Å². The average molecular weight is 379 g/mol. The number of amides is 1. The van der Waals surface area contributed by atoms with Crippen molar-refractivity contribution in [3.05, 3.63) is 40.9 Å². The van der Waals surface area contributed by atoms with Crippen molar-refractivity contribution in [3.63, 3.8) is 0 Å². The molecule has 1 heterocycles. The van der Waals surface area contributed by atoms with Gasteiger partial charge >= 0.3 is 5.97 Å². The van der Waals surface area contributed by atoms with Crippen LogP contribution in [0.1, 0.15) is 43.7 Å². The first kappa shape index (κ1) is 19.5. The average Bonchev–Trinajstić information content (AvgIpc) is 3.03. The summed E-state index contributed by atoms with van der Waals surface area (Å²) in [7, 11) is 0. The Morgan fingerprint density at radius 1 is 1.24 bits per heavy atom. The molecule has 2 aromatic rings. The lowest BCUT2D eigenvalue weighted by Crippen LogP contribution is -2.14. The van der Waals surface area contributed by atoms with E-state index in [0.29, 0.717) is 17.9 Å². The molecule has 0 spiro atoms. The molecule has 1 aromatic heterocycles. The lowest BCUT2D eigenvalue weighted by atomic mass is 9.93. The van der Waals surface area contributed by atoms with Gasteiger partial charge in [-0.05, 0) is 31.2 Å². The molecule has 0 bridgehead atoms. The van der Waals surface area contributed by atoms with Crippen molar-refractivity contribution in [2.24, 2.45) is 0 Å². The minimum atomic E-state index is -0.366. The molecule has 0 aliphatic carbocycles. The number of ether oxygens (including phenoxy) is 1. The van der Waals surface area contributed by atoms with Gasteiger partial charge in [-0.1, -0.05) is 32.5 Å². The van der Waals surface area contributed by atoms with Crippen LogP contribution < -0.4 is 5.32 Å². The molecule has 5 nitrogen and oxygen atoms in total. The van der Waals surface area contributed by atoms with Crippen LogP contribution in [0, 0.1) is 0 Å². The van der Waals surface area contributed by atoms with Gasteiger partial charge in [-0.25, -0.2) is 9.78 Å². The van der Waals surface area contributed by atoms with Gasteiger partial charge in [0.2, 0.25) is 5.91 Å². The third-order valence-electron chi connectivity index (χ3n) is 3.26. The predicted octanol–water partition coefficient (Wildman–Crippen LogP) is 4.35. The molecular formula is C18H22N2O3S2. The maximum Gasteiger partial charge on any atom is 0.338 e. The van der Waals surface area contributed by atoms with E-state index in [2.05, 4.69) is 31.1 Å². The van der Waals surface area contributed by atoms with Gasteiger partial charge in [-0.2, -0.15) is 0 Å². The van der Waals surface area contributed by atoms with Gasteiger partial charge in [-0.15, -0.1) is 11.3 Å². The SMILES string of the molecule is CCOC(=O)c1ccc(NC(=O)CSc2nc(C(C)(C)C)cs2)cc1. The Kier molecular flexibility index (Phi) is 6.61. The van der Waals surface area contributed by atoms with Crippen molar-refractivity contribution in [3.8, 4) is 0 Å². The number of anilines is 1. The van der Waals surface area contributed by atoms with Crippen molar-refractivity contribution in [1.29, 1.82) is 0 Å². The second-order valence-corrected chi connectivity index (χ2v) is 8.46. The van der Waals surface area contributed by atoms with Gasteiger partial charge in [0.05, 0.1) is 23.6 Å². The summed E-state index contributed by atoms with van der Waals surface area (Å²) in [5.41, 5.74) is 2.16. The van der Waals surface area contributed by atoms with Crippen LogP contribution in [-0.4, -0.2) is 29.2 Å². The summed E-state index contributed by atoms with van der Waals surface area (Å²) in [6.07, 6.45) is 0. The van der Waals surface area contributed by atoms with E-state index >= 15 is 0 Å². The second kappa shape index (κ2) is 8.49. The number of thiazole rings is 1. The van der Waals surface area contributed by atoms with Crippen LogP contribution in [0.25, 0.3) is 0 Å². The number of hydrogen-bond donors (Lipinski definition) is 1. The molecular weight excluding hydrogens is 356 g/mol. The van der Waals surface area contributed by atoms with Crippen LogP contribution in [0.3, 0.4) is 0 Å². The van der Waals surface area contributed by atoms with Crippen LogP contribution in [0.15, 0.2) is 34.0 Å². The van der Waals surface area contributed by atoms with Gasteiger partial charge in [0.15, 0.2) is 4.34 Å². The summed E-state index contributed by atoms with van der Waals surface area (Å²) >= 11 is 2.98. The maximum atomic E-state index is 12.1. The van der Waals surface area contributed by atoms with E-state index in [9.17, 15) is 9.59 Å². The molecule has 0 atom stereocenters. The van der Waals surface area contributed by atoms with E-state index < -0.39 is 0 Å². The Bertz CT molecular complexity index is 734. The van der Waals surface area contributed by atoms with Crippen LogP contribution in [0.5, 0.6) is 0 Å². The number of benzene rings is 1. The number of rotatable bonds is 6. The number of hydrogen-bond acceptors (Lipinski definition) is 6. The zero-order valence-corrected chi connectivity index (χ0v) is 16.4. The third kappa shape index (κ3) is 5.86. The Morgan fingerprint density at radius 2 is 1.92 bits per heavy atom. The van der Waals surface area contributed by atoms with E-state index in [1.54, 1.807) is 42.5 Å². The van der Waals surface area contributed by atoms with Crippen molar-refractivity contribution >= 4 is 40.7 Å². The molecule has 7 heteroatoms. The fourth-order valence-corrected chi connectivity index (χ4v) is 3.75. The van der Waals surface area contributed by atoms with Gasteiger partial charge in [0.1, 0.15) is 0 Å². The summed E-state index contributed by atoms with van der Waals surface area (Å²) < 4.78 is 5.81. The zero-order valence-electron chi connectivity index (χ0n) is 14.8. The van der Waals surface area contributed by atoms with Crippen LogP contribution in [0.4, 0.5) is 5.69 Å². The first-order valence-electron chi connectivity index (χ1n) is 7.95. The highest BCUT2D eigenvalue weighted by Crippen LogP contribution is 2.29. The number of carbonyl (C=O) groups is 2. The third-order valence-corrected chi connectivity index (χ3v) is 5.28. The molecule has 1 N–H and O–H groups in total. The zero-order chi connectivity index (χ0) is 18.4. The fraction of sp³-hybridized carbons (Fsp3) is 0.389. The fourth-order valence-electron chi connectivity index (χ4n) is 1.90. The Morgan fingerprint density at radius 3 is 2.48 bits per heavy atom. The first-order chi connectivity index (χ1) is 11.8. The summed E-state index contributed by atoms with van der Waals surface area (Å²) in [6.45, 7) is 8.44. The molecule has 0 radical (unpaired) electrons. The first-order valence-corrected chi connectivity index (χ1v) is 9.82. The van der Waals surface area contributed by atoms with E-state index in [0.717, 1.165) is 10.0 Å². The van der Waals surface area contributed by atoms with Crippen molar-refractivity contribution < 1.29 is 14.3 Å². The molecule has 0 saturated heterocycles. The number of esters is 1. The summed E-state index contributed by atoms with van der Waals surface area (Å²) in [5, 5.41) is 4.85. The molecule has 0 fully saturated rings. The van der Waals surface area contributed by atoms with Gasteiger partial charge in [-0.3, -0.25) is 4.79 Å². The molecule has 0 saturated carbocycles. The Hall–Kier alpha value is -1.86. The summed E-state index contributed by atoms with van der Waals surface area (Å²) in [6, 6.07) is 6.65. The highest BCUT2D eigenvalue weighted by Gasteiger charge is 2.18. The maximum absolute atomic E-state index is 12.1. The minimum absolute atomic E-state index is 0.0121. The van der Waals surface area contributed by atoms with Crippen molar-refractivity contribution in [2.45, 2.75) is 37.4 Å². The number of carbonyl (C=O) groups excluding carboxylic acids is 2. The second-order valence-electron chi connectivity index (χ2n) is 6.38. The highest BCUT2D eigenvalue weighted by atomic mass is 32.2. The smallest absolute Gasteiger partial charge is 0.338 e. The van der Waals surface area contributed by atoms with E-state index in [1.807, 2.05) is 5.38 Å². The number of aromatic nitrogens is 1. The minimum Gasteiger partial charge on any atom is -0.462 e. The lowest BCUT2D eigenvalue weighted by molar-refractivity contribution is -0.113.